The van der Waals surface area contributed by atoms with E-state index in [0.29, 0.717) is 22.1 Å². The second kappa shape index (κ2) is 7.05. The minimum Gasteiger partial charge on any atom is -0.480 e. The Morgan fingerprint density at radius 2 is 2.17 bits per heavy atom. The number of thiazole rings is 1. The predicted molar refractivity (Wildman–Crippen MR) is 82.5 cm³/mol. The van der Waals surface area contributed by atoms with Gasteiger partial charge in [0.05, 0.1) is 23.9 Å². The van der Waals surface area contributed by atoms with Crippen LogP contribution in [0, 0.1) is 6.92 Å². The number of carboxylic acid groups (broad SMARTS) is 1. The van der Waals surface area contributed by atoms with E-state index in [1.807, 2.05) is 0 Å². The zero-order valence-electron chi connectivity index (χ0n) is 12.5. The van der Waals surface area contributed by atoms with Gasteiger partial charge in [0, 0.05) is 5.38 Å². The second-order valence-corrected chi connectivity index (χ2v) is 5.65. The van der Waals surface area contributed by atoms with E-state index in [-0.39, 0.29) is 12.3 Å². The Kier molecular flexibility index (Phi) is 5.12. The third kappa shape index (κ3) is 4.39. The summed E-state index contributed by atoms with van der Waals surface area (Å²) in [7, 11) is 0. The molecule has 0 saturated carbocycles. The Balaban J connectivity index is 1.93. The summed E-state index contributed by atoms with van der Waals surface area (Å²) in [5, 5.41) is 15.7. The molecule has 9 heteroatoms. The van der Waals surface area contributed by atoms with Crippen molar-refractivity contribution >= 4 is 34.3 Å². The van der Waals surface area contributed by atoms with Gasteiger partial charge in [-0.2, -0.15) is 0 Å². The molecule has 0 aliphatic rings. The highest BCUT2D eigenvalue weighted by Gasteiger charge is 2.17. The molecular weight excluding hydrogens is 322 g/mol. The Morgan fingerprint density at radius 3 is 2.78 bits per heavy atom. The summed E-state index contributed by atoms with van der Waals surface area (Å²) in [4.78, 5) is 38.5. The van der Waals surface area contributed by atoms with Crippen molar-refractivity contribution in [3.05, 3.63) is 34.7 Å². The van der Waals surface area contributed by atoms with Crippen molar-refractivity contribution in [2.24, 2.45) is 0 Å². The van der Waals surface area contributed by atoms with Gasteiger partial charge in [0.1, 0.15) is 11.8 Å². The number of amides is 2. The van der Waals surface area contributed by atoms with E-state index in [2.05, 4.69) is 15.6 Å². The molecule has 1 atom stereocenters. The van der Waals surface area contributed by atoms with Crippen LogP contribution in [0.3, 0.4) is 0 Å². The lowest BCUT2D eigenvalue weighted by molar-refractivity contribution is -0.141. The summed E-state index contributed by atoms with van der Waals surface area (Å²) in [5.41, 5.74) is 0.860. The topological polar surface area (TPSA) is 122 Å². The predicted octanol–water partition coefficient (Wildman–Crippen LogP) is 1.43. The number of aliphatic carboxylic acids is 1. The summed E-state index contributed by atoms with van der Waals surface area (Å²) in [6, 6.07) is 0.587. The molecule has 0 bridgehead atoms. The number of carbonyl (C=O) groups excluding carboxylic acids is 2. The summed E-state index contributed by atoms with van der Waals surface area (Å²) in [6.45, 7) is 3.05. The number of anilines is 1. The van der Waals surface area contributed by atoms with Gasteiger partial charge in [-0.05, 0) is 19.9 Å². The minimum absolute atomic E-state index is 0.0608. The molecule has 122 valence electrons. The third-order valence-electron chi connectivity index (χ3n) is 2.97. The first kappa shape index (κ1) is 16.7. The molecule has 2 rings (SSSR count). The molecule has 3 N–H and O–H groups in total. The molecule has 23 heavy (non-hydrogen) atoms. The smallest absolute Gasteiger partial charge is 0.325 e. The molecule has 2 heterocycles. The van der Waals surface area contributed by atoms with Gasteiger partial charge in [-0.15, -0.1) is 11.3 Å². The highest BCUT2D eigenvalue weighted by molar-refractivity contribution is 7.14. The number of aryl methyl sites for hydroxylation is 1. The van der Waals surface area contributed by atoms with Crippen molar-refractivity contribution in [3.8, 4) is 0 Å². The van der Waals surface area contributed by atoms with Crippen molar-refractivity contribution in [3.63, 3.8) is 0 Å². The van der Waals surface area contributed by atoms with Gasteiger partial charge < -0.3 is 14.8 Å². The molecule has 8 nitrogen and oxygen atoms in total. The van der Waals surface area contributed by atoms with Crippen molar-refractivity contribution in [2.75, 3.05) is 5.32 Å². The number of nitrogens with one attached hydrogen (secondary N) is 2. The Morgan fingerprint density at radius 1 is 1.43 bits per heavy atom. The van der Waals surface area contributed by atoms with Crippen LogP contribution in [0.25, 0.3) is 0 Å². The average molecular weight is 337 g/mol. The lowest BCUT2D eigenvalue weighted by Crippen LogP contribution is -2.39. The molecule has 0 saturated heterocycles. The molecule has 2 aromatic rings. The first-order valence-electron chi connectivity index (χ1n) is 6.69. The van der Waals surface area contributed by atoms with E-state index < -0.39 is 17.9 Å². The van der Waals surface area contributed by atoms with Gasteiger partial charge >= 0.3 is 5.97 Å². The average Bonchev–Trinajstić information content (AvgIpc) is 3.07. The molecule has 0 unspecified atom stereocenters. The number of carboxylic acids is 1. The van der Waals surface area contributed by atoms with E-state index >= 15 is 0 Å². The van der Waals surface area contributed by atoms with E-state index in [4.69, 9.17) is 9.52 Å². The Bertz CT molecular complexity index is 736. The number of hydrogen-bond donors (Lipinski definition) is 3. The fourth-order valence-electron chi connectivity index (χ4n) is 1.75. The monoisotopic (exact) mass is 337 g/mol. The molecule has 0 aromatic carbocycles. The first-order chi connectivity index (χ1) is 10.9. The van der Waals surface area contributed by atoms with E-state index in [1.54, 1.807) is 18.4 Å². The van der Waals surface area contributed by atoms with Crippen molar-refractivity contribution in [1.29, 1.82) is 0 Å². The van der Waals surface area contributed by atoms with Crippen LogP contribution in [0.2, 0.25) is 0 Å². The molecule has 0 spiro atoms. The summed E-state index contributed by atoms with van der Waals surface area (Å²) >= 11 is 1.18. The summed E-state index contributed by atoms with van der Waals surface area (Å²) in [5.74, 6) is -1.41. The number of rotatable bonds is 6. The zero-order chi connectivity index (χ0) is 17.0. The van der Waals surface area contributed by atoms with Crippen LogP contribution in [0.1, 0.15) is 28.7 Å². The van der Waals surface area contributed by atoms with Gasteiger partial charge in [0.2, 0.25) is 5.91 Å². The minimum atomic E-state index is -1.11. The maximum absolute atomic E-state index is 12.0. The Labute approximate surface area is 135 Å². The maximum Gasteiger partial charge on any atom is 0.325 e. The summed E-state index contributed by atoms with van der Waals surface area (Å²) in [6.07, 6.45) is 1.36. The standard InChI is InChI=1S/C14H15N3O5S/c1-7(13(20)21)15-11(18)5-9-6-23-14(16-9)17-12(19)10-3-4-22-8(10)2/h3-4,6-7H,5H2,1-2H3,(H,15,18)(H,20,21)(H,16,17,19)/t7-/m1/s1. The molecule has 0 radical (unpaired) electrons. The quantitative estimate of drug-likeness (QED) is 0.733. The fraction of sp³-hybridized carbons (Fsp3) is 0.286. The SMILES string of the molecule is Cc1occc1C(=O)Nc1nc(CC(=O)N[C@H](C)C(=O)O)cs1. The van der Waals surface area contributed by atoms with Gasteiger partial charge in [-0.1, -0.05) is 0 Å². The maximum atomic E-state index is 12.0. The van der Waals surface area contributed by atoms with Crippen LogP contribution in [-0.2, 0) is 16.0 Å². The van der Waals surface area contributed by atoms with Crippen molar-refractivity contribution < 1.29 is 23.9 Å². The van der Waals surface area contributed by atoms with Crippen molar-refractivity contribution in [2.45, 2.75) is 26.3 Å². The van der Waals surface area contributed by atoms with Crippen LogP contribution < -0.4 is 10.6 Å². The number of aromatic nitrogens is 1. The highest BCUT2D eigenvalue weighted by atomic mass is 32.1. The summed E-state index contributed by atoms with van der Waals surface area (Å²) < 4.78 is 5.06. The highest BCUT2D eigenvalue weighted by Crippen LogP contribution is 2.18. The third-order valence-corrected chi connectivity index (χ3v) is 3.77. The number of furan rings is 1. The molecule has 0 aliphatic carbocycles. The van der Waals surface area contributed by atoms with E-state index in [1.165, 1.54) is 24.5 Å². The van der Waals surface area contributed by atoms with E-state index in [0.717, 1.165) is 0 Å². The van der Waals surface area contributed by atoms with Gasteiger partial charge in [-0.3, -0.25) is 19.7 Å². The Hall–Kier alpha value is -2.68. The van der Waals surface area contributed by atoms with Crippen LogP contribution in [0.15, 0.2) is 22.1 Å². The molecular formula is C14H15N3O5S. The molecule has 2 aromatic heterocycles. The van der Waals surface area contributed by atoms with Gasteiger partial charge in [-0.25, -0.2) is 4.98 Å². The molecule has 0 fully saturated rings. The zero-order valence-corrected chi connectivity index (χ0v) is 13.3. The van der Waals surface area contributed by atoms with Crippen LogP contribution in [-0.4, -0.2) is 33.9 Å². The van der Waals surface area contributed by atoms with Gasteiger partial charge in [0.25, 0.3) is 5.91 Å². The fourth-order valence-corrected chi connectivity index (χ4v) is 2.45. The van der Waals surface area contributed by atoms with Gasteiger partial charge in [0.15, 0.2) is 5.13 Å². The largest absolute Gasteiger partial charge is 0.480 e. The molecule has 2 amide bonds. The number of hydrogen-bond acceptors (Lipinski definition) is 6. The van der Waals surface area contributed by atoms with Crippen LogP contribution in [0.4, 0.5) is 5.13 Å². The lowest BCUT2D eigenvalue weighted by atomic mass is 10.2. The number of nitrogens with zero attached hydrogens (tertiary/aromatic N) is 1. The van der Waals surface area contributed by atoms with Crippen LogP contribution >= 0.6 is 11.3 Å². The second-order valence-electron chi connectivity index (χ2n) is 4.79. The molecule has 0 aliphatic heterocycles. The van der Waals surface area contributed by atoms with Crippen molar-refractivity contribution in [1.82, 2.24) is 10.3 Å². The lowest BCUT2D eigenvalue weighted by Gasteiger charge is -2.07. The normalized spacial score (nSPS) is 11.7. The first-order valence-corrected chi connectivity index (χ1v) is 7.56. The number of carbonyl (C=O) groups is 3. The van der Waals surface area contributed by atoms with Crippen LogP contribution in [0.5, 0.6) is 0 Å². The van der Waals surface area contributed by atoms with E-state index in [9.17, 15) is 14.4 Å².